The van der Waals surface area contributed by atoms with Crippen molar-refractivity contribution in [1.82, 2.24) is 4.90 Å². The van der Waals surface area contributed by atoms with Crippen LogP contribution in [0.2, 0.25) is 0 Å². The normalized spacial score (nSPS) is 24.9. The summed E-state index contributed by atoms with van der Waals surface area (Å²) in [6.07, 6.45) is 1.63. The molecule has 0 amide bonds. The Morgan fingerprint density at radius 1 is 1.59 bits per heavy atom. The van der Waals surface area contributed by atoms with E-state index in [-0.39, 0.29) is 17.5 Å². The van der Waals surface area contributed by atoms with E-state index in [0.717, 1.165) is 11.3 Å². The largest absolute Gasteiger partial charge is 0.468 e. The van der Waals surface area contributed by atoms with Crippen LogP contribution in [0.4, 0.5) is 0 Å². The van der Waals surface area contributed by atoms with E-state index in [1.807, 2.05) is 13.0 Å². The molecule has 0 radical (unpaired) electrons. The Labute approximate surface area is 101 Å². The molecule has 0 aromatic carbocycles. The molecule has 1 aromatic heterocycles. The second-order valence-corrected chi connectivity index (χ2v) is 6.74. The van der Waals surface area contributed by atoms with Crippen LogP contribution in [0.25, 0.3) is 0 Å². The van der Waals surface area contributed by atoms with Gasteiger partial charge < -0.3 is 10.2 Å². The lowest BCUT2D eigenvalue weighted by atomic mass is 10.2. The van der Waals surface area contributed by atoms with Gasteiger partial charge in [0.15, 0.2) is 9.84 Å². The zero-order valence-corrected chi connectivity index (χ0v) is 10.7. The first-order valence-corrected chi connectivity index (χ1v) is 7.54. The maximum absolute atomic E-state index is 11.5. The molecular formula is C11H18N2O3S. The van der Waals surface area contributed by atoms with Crippen molar-refractivity contribution >= 4 is 9.84 Å². The van der Waals surface area contributed by atoms with Crippen LogP contribution in [0.1, 0.15) is 18.2 Å². The molecule has 1 atom stereocenters. The number of furan rings is 1. The summed E-state index contributed by atoms with van der Waals surface area (Å²) in [7, 11) is -2.86. The van der Waals surface area contributed by atoms with Crippen molar-refractivity contribution in [3.63, 3.8) is 0 Å². The number of nitrogens with zero attached hydrogens (tertiary/aromatic N) is 1. The second kappa shape index (κ2) is 4.80. The smallest absolute Gasteiger partial charge is 0.153 e. The third-order valence-corrected chi connectivity index (χ3v) is 5.01. The van der Waals surface area contributed by atoms with Crippen molar-refractivity contribution in [3.05, 3.63) is 23.7 Å². The van der Waals surface area contributed by atoms with E-state index in [1.165, 1.54) is 0 Å². The lowest BCUT2D eigenvalue weighted by Crippen LogP contribution is -2.46. The van der Waals surface area contributed by atoms with Crippen LogP contribution in [0, 0.1) is 0 Å². The Bertz CT molecular complexity index is 481. The van der Waals surface area contributed by atoms with Gasteiger partial charge in [-0.25, -0.2) is 8.42 Å². The van der Waals surface area contributed by atoms with E-state index in [9.17, 15) is 8.42 Å². The molecule has 2 N–H and O–H groups in total. The van der Waals surface area contributed by atoms with Gasteiger partial charge in [0.05, 0.1) is 24.3 Å². The molecular weight excluding hydrogens is 240 g/mol. The number of rotatable bonds is 3. The van der Waals surface area contributed by atoms with E-state index in [0.29, 0.717) is 19.6 Å². The van der Waals surface area contributed by atoms with Crippen molar-refractivity contribution in [2.75, 3.05) is 18.1 Å². The predicted molar refractivity (Wildman–Crippen MR) is 65.1 cm³/mol. The fourth-order valence-corrected chi connectivity index (χ4v) is 3.77. The third-order valence-electron chi connectivity index (χ3n) is 3.21. The zero-order chi connectivity index (χ0) is 12.5. The second-order valence-electron chi connectivity index (χ2n) is 4.51. The van der Waals surface area contributed by atoms with Crippen molar-refractivity contribution in [2.24, 2.45) is 5.73 Å². The van der Waals surface area contributed by atoms with Gasteiger partial charge in [0.25, 0.3) is 0 Å². The lowest BCUT2D eigenvalue weighted by Gasteiger charge is -2.32. The molecule has 1 aromatic rings. The van der Waals surface area contributed by atoms with Crippen LogP contribution in [-0.2, 0) is 22.9 Å². The lowest BCUT2D eigenvalue weighted by molar-refractivity contribution is 0.200. The average Bonchev–Trinajstić information content (AvgIpc) is 2.69. The van der Waals surface area contributed by atoms with Crippen molar-refractivity contribution < 1.29 is 12.8 Å². The molecule has 5 nitrogen and oxygen atoms in total. The van der Waals surface area contributed by atoms with Crippen LogP contribution in [-0.4, -0.2) is 37.4 Å². The number of hydrogen-bond acceptors (Lipinski definition) is 5. The molecule has 17 heavy (non-hydrogen) atoms. The monoisotopic (exact) mass is 258 g/mol. The number of nitrogens with two attached hydrogens (primary N) is 1. The number of hydrogen-bond donors (Lipinski definition) is 1. The standard InChI is InChI=1S/C11H18N2O3S/c1-9-8-17(14,15)5-3-13(9)7-11-10(6-12)2-4-16-11/h2,4,9H,3,5-8,12H2,1H3. The quantitative estimate of drug-likeness (QED) is 0.847. The molecule has 1 fully saturated rings. The zero-order valence-electron chi connectivity index (χ0n) is 9.93. The molecule has 1 saturated heterocycles. The molecule has 0 spiro atoms. The van der Waals surface area contributed by atoms with Crippen LogP contribution >= 0.6 is 0 Å². The van der Waals surface area contributed by atoms with Gasteiger partial charge in [0, 0.05) is 24.7 Å². The van der Waals surface area contributed by atoms with Gasteiger partial charge >= 0.3 is 0 Å². The molecule has 2 rings (SSSR count). The number of sulfone groups is 1. The third kappa shape index (κ3) is 2.88. The highest BCUT2D eigenvalue weighted by Crippen LogP contribution is 2.18. The maximum atomic E-state index is 11.5. The fourth-order valence-electron chi connectivity index (χ4n) is 2.14. The molecule has 1 aliphatic heterocycles. The Morgan fingerprint density at radius 2 is 2.35 bits per heavy atom. The SMILES string of the molecule is CC1CS(=O)(=O)CCN1Cc1occc1CN. The Hall–Kier alpha value is -0.850. The van der Waals surface area contributed by atoms with Gasteiger partial charge in [0.2, 0.25) is 0 Å². The van der Waals surface area contributed by atoms with Gasteiger partial charge in [-0.1, -0.05) is 0 Å². The average molecular weight is 258 g/mol. The maximum Gasteiger partial charge on any atom is 0.153 e. The predicted octanol–water partition coefficient (Wildman–Crippen LogP) is 0.357. The Kier molecular flexibility index (Phi) is 3.56. The molecule has 96 valence electrons. The van der Waals surface area contributed by atoms with Crippen molar-refractivity contribution in [1.29, 1.82) is 0 Å². The molecule has 6 heteroatoms. The molecule has 1 unspecified atom stereocenters. The molecule has 0 saturated carbocycles. The summed E-state index contributed by atoms with van der Waals surface area (Å²) >= 11 is 0. The first kappa shape index (κ1) is 12.6. The van der Waals surface area contributed by atoms with Gasteiger partial charge in [-0.3, -0.25) is 4.90 Å². The first-order valence-electron chi connectivity index (χ1n) is 5.71. The Balaban J connectivity index is 2.05. The Morgan fingerprint density at radius 3 is 3.00 bits per heavy atom. The van der Waals surface area contributed by atoms with Crippen LogP contribution in [0.15, 0.2) is 16.7 Å². The molecule has 0 aliphatic carbocycles. The van der Waals surface area contributed by atoms with E-state index >= 15 is 0 Å². The van der Waals surface area contributed by atoms with E-state index in [1.54, 1.807) is 6.26 Å². The van der Waals surface area contributed by atoms with Crippen LogP contribution in [0.5, 0.6) is 0 Å². The minimum absolute atomic E-state index is 0.0319. The molecule has 2 heterocycles. The van der Waals surface area contributed by atoms with Gasteiger partial charge in [-0.2, -0.15) is 0 Å². The topological polar surface area (TPSA) is 76.5 Å². The van der Waals surface area contributed by atoms with Crippen LogP contribution in [0.3, 0.4) is 0 Å². The van der Waals surface area contributed by atoms with Gasteiger partial charge in [-0.15, -0.1) is 0 Å². The highest BCUT2D eigenvalue weighted by atomic mass is 32.2. The van der Waals surface area contributed by atoms with Crippen LogP contribution < -0.4 is 5.73 Å². The molecule has 1 aliphatic rings. The highest BCUT2D eigenvalue weighted by molar-refractivity contribution is 7.91. The molecule has 0 bridgehead atoms. The summed E-state index contributed by atoms with van der Waals surface area (Å²) in [4.78, 5) is 2.12. The van der Waals surface area contributed by atoms with E-state index in [2.05, 4.69) is 4.90 Å². The van der Waals surface area contributed by atoms with E-state index in [4.69, 9.17) is 10.2 Å². The van der Waals surface area contributed by atoms with E-state index < -0.39 is 9.84 Å². The van der Waals surface area contributed by atoms with Crippen molar-refractivity contribution in [3.8, 4) is 0 Å². The fraction of sp³-hybridized carbons (Fsp3) is 0.636. The van der Waals surface area contributed by atoms with Gasteiger partial charge in [0.1, 0.15) is 5.76 Å². The summed E-state index contributed by atoms with van der Waals surface area (Å²) in [6, 6.07) is 1.89. The summed E-state index contributed by atoms with van der Waals surface area (Å²) < 4.78 is 28.3. The minimum atomic E-state index is -2.86. The summed E-state index contributed by atoms with van der Waals surface area (Å²) in [6.45, 7) is 3.58. The summed E-state index contributed by atoms with van der Waals surface area (Å²) in [5.74, 6) is 1.31. The summed E-state index contributed by atoms with van der Waals surface area (Å²) in [5.41, 5.74) is 6.59. The highest BCUT2D eigenvalue weighted by Gasteiger charge is 2.28. The van der Waals surface area contributed by atoms with Gasteiger partial charge in [-0.05, 0) is 13.0 Å². The first-order chi connectivity index (χ1) is 8.02. The minimum Gasteiger partial charge on any atom is -0.468 e. The van der Waals surface area contributed by atoms with Crippen molar-refractivity contribution in [2.45, 2.75) is 26.1 Å². The summed E-state index contributed by atoms with van der Waals surface area (Å²) in [5, 5.41) is 0.